The number of benzene rings is 1. The lowest BCUT2D eigenvalue weighted by atomic mass is 9.83. The molecular weight excluding hydrogens is 446 g/mol. The lowest BCUT2D eigenvalue weighted by Crippen LogP contribution is -2.50. The second kappa shape index (κ2) is 11.0. The Kier molecular flexibility index (Phi) is 7.64. The van der Waals surface area contributed by atoms with Crippen molar-refractivity contribution < 1.29 is 18.8 Å². The second-order valence-electron chi connectivity index (χ2n) is 8.85. The Labute approximate surface area is 204 Å². The molecule has 1 aliphatic carbocycles. The number of hydrogen-bond acceptors (Lipinski definition) is 5. The van der Waals surface area contributed by atoms with Gasteiger partial charge in [-0.2, -0.15) is 5.10 Å². The molecule has 1 aliphatic rings. The van der Waals surface area contributed by atoms with E-state index in [0.717, 1.165) is 36.8 Å². The predicted molar refractivity (Wildman–Crippen MR) is 130 cm³/mol. The number of aromatic nitrogens is 2. The lowest BCUT2D eigenvalue weighted by Gasteiger charge is -2.29. The average molecular weight is 478 g/mol. The maximum absolute atomic E-state index is 12.9. The minimum atomic E-state index is -0.576. The first-order chi connectivity index (χ1) is 17.0. The van der Waals surface area contributed by atoms with Crippen molar-refractivity contribution in [1.29, 1.82) is 0 Å². The van der Waals surface area contributed by atoms with Crippen molar-refractivity contribution in [3.8, 4) is 11.3 Å². The third kappa shape index (κ3) is 5.79. The van der Waals surface area contributed by atoms with Gasteiger partial charge in [0.2, 0.25) is 5.91 Å². The SMILES string of the molecule is CNC(=O)C(NC(=O)c1ccc(-c2cccc(CNC(=O)c3ccnn3C)c2)o1)C1CCCCC1. The molecule has 184 valence electrons. The second-order valence-corrected chi connectivity index (χ2v) is 8.85. The molecule has 3 aromatic rings. The number of furan rings is 1. The van der Waals surface area contributed by atoms with Crippen molar-refractivity contribution in [3.63, 3.8) is 0 Å². The van der Waals surface area contributed by atoms with E-state index in [1.54, 1.807) is 38.5 Å². The van der Waals surface area contributed by atoms with Crippen molar-refractivity contribution in [2.75, 3.05) is 7.05 Å². The summed E-state index contributed by atoms with van der Waals surface area (Å²) < 4.78 is 7.36. The molecule has 1 unspecified atom stereocenters. The van der Waals surface area contributed by atoms with E-state index in [-0.39, 0.29) is 23.5 Å². The monoisotopic (exact) mass is 477 g/mol. The van der Waals surface area contributed by atoms with Gasteiger partial charge in [-0.3, -0.25) is 19.1 Å². The first-order valence-corrected chi connectivity index (χ1v) is 11.9. The van der Waals surface area contributed by atoms with Crippen LogP contribution in [-0.4, -0.2) is 40.6 Å². The molecule has 2 aromatic heterocycles. The van der Waals surface area contributed by atoms with Crippen LogP contribution in [0.5, 0.6) is 0 Å². The summed E-state index contributed by atoms with van der Waals surface area (Å²) in [4.78, 5) is 37.7. The van der Waals surface area contributed by atoms with Crippen LogP contribution in [0.2, 0.25) is 0 Å². The number of nitrogens with zero attached hydrogens (tertiary/aromatic N) is 2. The van der Waals surface area contributed by atoms with E-state index in [1.807, 2.05) is 24.3 Å². The number of carbonyl (C=O) groups excluding carboxylic acids is 3. The third-order valence-corrected chi connectivity index (χ3v) is 6.48. The van der Waals surface area contributed by atoms with E-state index < -0.39 is 11.9 Å². The largest absolute Gasteiger partial charge is 0.451 e. The number of rotatable bonds is 8. The first kappa shape index (κ1) is 24.3. The molecule has 3 amide bonds. The molecule has 0 radical (unpaired) electrons. The van der Waals surface area contributed by atoms with Gasteiger partial charge in [-0.15, -0.1) is 0 Å². The van der Waals surface area contributed by atoms with Gasteiger partial charge in [0, 0.05) is 32.4 Å². The highest BCUT2D eigenvalue weighted by molar-refractivity contribution is 5.96. The zero-order valence-corrected chi connectivity index (χ0v) is 20.0. The van der Waals surface area contributed by atoms with Crippen LogP contribution in [0.4, 0.5) is 0 Å². The quantitative estimate of drug-likeness (QED) is 0.461. The Morgan fingerprint density at radius 3 is 2.60 bits per heavy atom. The lowest BCUT2D eigenvalue weighted by molar-refractivity contribution is -0.124. The van der Waals surface area contributed by atoms with Gasteiger partial charge in [-0.05, 0) is 48.6 Å². The summed E-state index contributed by atoms with van der Waals surface area (Å²) in [5.74, 6) is 0.00739. The maximum Gasteiger partial charge on any atom is 0.287 e. The van der Waals surface area contributed by atoms with Crippen LogP contribution in [0.25, 0.3) is 11.3 Å². The minimum Gasteiger partial charge on any atom is -0.451 e. The van der Waals surface area contributed by atoms with Crippen LogP contribution < -0.4 is 16.0 Å². The van der Waals surface area contributed by atoms with Crippen molar-refractivity contribution in [2.45, 2.75) is 44.7 Å². The zero-order chi connectivity index (χ0) is 24.8. The molecule has 0 aliphatic heterocycles. The number of likely N-dealkylation sites (N-methyl/N-ethyl adjacent to an activating group) is 1. The van der Waals surface area contributed by atoms with Crippen LogP contribution in [0.15, 0.2) is 53.1 Å². The van der Waals surface area contributed by atoms with E-state index in [2.05, 4.69) is 21.0 Å². The summed E-state index contributed by atoms with van der Waals surface area (Å²) in [7, 11) is 3.30. The highest BCUT2D eigenvalue weighted by Crippen LogP contribution is 2.28. The molecule has 1 fully saturated rings. The summed E-state index contributed by atoms with van der Waals surface area (Å²) in [6.45, 7) is 0.334. The van der Waals surface area contributed by atoms with E-state index >= 15 is 0 Å². The van der Waals surface area contributed by atoms with Crippen molar-refractivity contribution in [2.24, 2.45) is 13.0 Å². The maximum atomic E-state index is 12.9. The summed E-state index contributed by atoms with van der Waals surface area (Å²) >= 11 is 0. The molecular formula is C26H31N5O4. The van der Waals surface area contributed by atoms with E-state index in [1.165, 1.54) is 11.1 Å². The number of carbonyl (C=O) groups is 3. The Hall–Kier alpha value is -3.88. The van der Waals surface area contributed by atoms with Crippen molar-refractivity contribution in [1.82, 2.24) is 25.7 Å². The van der Waals surface area contributed by atoms with Crippen LogP contribution >= 0.6 is 0 Å². The van der Waals surface area contributed by atoms with E-state index in [9.17, 15) is 14.4 Å². The van der Waals surface area contributed by atoms with Crippen LogP contribution in [-0.2, 0) is 18.4 Å². The van der Waals surface area contributed by atoms with Crippen molar-refractivity contribution in [3.05, 3.63) is 65.7 Å². The van der Waals surface area contributed by atoms with Gasteiger partial charge in [0.25, 0.3) is 11.8 Å². The number of aryl methyl sites for hydroxylation is 1. The van der Waals surface area contributed by atoms with Gasteiger partial charge in [0.15, 0.2) is 5.76 Å². The molecule has 1 saturated carbocycles. The number of amides is 3. The summed E-state index contributed by atoms with van der Waals surface area (Å²) in [5, 5.41) is 12.4. The standard InChI is InChI=1S/C26H31N5O4/c1-27-26(34)23(18-8-4-3-5-9-18)30-25(33)22-12-11-21(35-22)19-10-6-7-17(15-19)16-28-24(32)20-13-14-29-31(20)2/h6-7,10-15,18,23H,3-5,8-9,16H2,1-2H3,(H,27,34)(H,28,32)(H,30,33). The normalized spacial score (nSPS) is 14.8. The van der Waals surface area contributed by atoms with Gasteiger partial charge in [0.1, 0.15) is 17.5 Å². The molecule has 9 heteroatoms. The fraction of sp³-hybridized carbons (Fsp3) is 0.385. The third-order valence-electron chi connectivity index (χ3n) is 6.48. The Morgan fingerprint density at radius 1 is 1.09 bits per heavy atom. The molecule has 9 nitrogen and oxygen atoms in total. The minimum absolute atomic E-state index is 0.125. The first-order valence-electron chi connectivity index (χ1n) is 11.9. The Morgan fingerprint density at radius 2 is 1.89 bits per heavy atom. The molecule has 3 N–H and O–H groups in total. The van der Waals surface area contributed by atoms with Crippen molar-refractivity contribution >= 4 is 17.7 Å². The topological polar surface area (TPSA) is 118 Å². The zero-order valence-electron chi connectivity index (χ0n) is 20.0. The molecule has 0 spiro atoms. The fourth-order valence-electron chi connectivity index (χ4n) is 4.55. The van der Waals surface area contributed by atoms with Gasteiger partial charge in [-0.1, -0.05) is 37.5 Å². The van der Waals surface area contributed by atoms with Crippen LogP contribution in [0, 0.1) is 5.92 Å². The molecule has 4 rings (SSSR count). The van der Waals surface area contributed by atoms with Gasteiger partial charge < -0.3 is 20.4 Å². The number of hydrogen-bond donors (Lipinski definition) is 3. The van der Waals surface area contributed by atoms with Crippen LogP contribution in [0.1, 0.15) is 58.7 Å². The van der Waals surface area contributed by atoms with E-state index in [0.29, 0.717) is 18.0 Å². The fourth-order valence-corrected chi connectivity index (χ4v) is 4.55. The van der Waals surface area contributed by atoms with Gasteiger partial charge >= 0.3 is 0 Å². The molecule has 1 aromatic carbocycles. The molecule has 2 heterocycles. The smallest absolute Gasteiger partial charge is 0.287 e. The predicted octanol–water partition coefficient (Wildman–Crippen LogP) is 3.03. The average Bonchev–Trinajstić information content (AvgIpc) is 3.55. The summed E-state index contributed by atoms with van der Waals surface area (Å²) in [6, 6.07) is 12.0. The Balaban J connectivity index is 1.42. The molecule has 0 saturated heterocycles. The highest BCUT2D eigenvalue weighted by atomic mass is 16.4. The van der Waals surface area contributed by atoms with Gasteiger partial charge in [0.05, 0.1) is 0 Å². The molecule has 35 heavy (non-hydrogen) atoms. The van der Waals surface area contributed by atoms with E-state index in [4.69, 9.17) is 4.42 Å². The molecule has 1 atom stereocenters. The Bertz CT molecular complexity index is 1190. The number of nitrogens with one attached hydrogen (secondary N) is 3. The highest BCUT2D eigenvalue weighted by Gasteiger charge is 2.31. The summed E-state index contributed by atoms with van der Waals surface area (Å²) in [5.41, 5.74) is 2.15. The molecule has 0 bridgehead atoms. The van der Waals surface area contributed by atoms with Gasteiger partial charge in [-0.25, -0.2) is 0 Å². The van der Waals surface area contributed by atoms with Crippen LogP contribution in [0.3, 0.4) is 0 Å². The summed E-state index contributed by atoms with van der Waals surface area (Å²) in [6.07, 6.45) is 6.72.